The van der Waals surface area contributed by atoms with Gasteiger partial charge in [-0.1, -0.05) is 58.0 Å². The number of aliphatic hydroxyl groups excluding tert-OH is 1. The molecule has 270 valence electrons. The number of aromatic nitrogens is 1. The molecule has 0 unspecified atom stereocenters. The fraction of sp³-hybridized carbons (Fsp3) is 0.417. The zero-order chi connectivity index (χ0) is 37.2. The zero-order valence-corrected chi connectivity index (χ0v) is 29.0. The number of rotatable bonds is 16. The van der Waals surface area contributed by atoms with Gasteiger partial charge in [0.1, 0.15) is 30.3 Å². The van der Waals surface area contributed by atoms with Crippen molar-refractivity contribution in [1.29, 1.82) is 0 Å². The number of halogens is 2. The van der Waals surface area contributed by atoms with Crippen molar-refractivity contribution in [3.63, 3.8) is 0 Å². The number of nitrogens with zero attached hydrogens (tertiary/aromatic N) is 2. The summed E-state index contributed by atoms with van der Waals surface area (Å²) in [6, 6.07) is 10.9. The summed E-state index contributed by atoms with van der Waals surface area (Å²) < 4.78 is 31.2. The molecule has 6 N–H and O–H groups in total. The summed E-state index contributed by atoms with van der Waals surface area (Å²) >= 11 is 0. The summed E-state index contributed by atoms with van der Waals surface area (Å²) in [4.78, 5) is 64.9. The van der Waals surface area contributed by atoms with Gasteiger partial charge >= 0.3 is 0 Å². The molecule has 14 heteroatoms. The Labute approximate surface area is 290 Å². The third-order valence-electron chi connectivity index (χ3n) is 8.15. The average molecular weight is 697 g/mol. The van der Waals surface area contributed by atoms with Crippen LogP contribution in [0.2, 0.25) is 0 Å². The van der Waals surface area contributed by atoms with Crippen molar-refractivity contribution in [2.45, 2.75) is 71.6 Å². The van der Waals surface area contributed by atoms with E-state index < -0.39 is 77.7 Å². The number of benzene rings is 2. The average Bonchev–Trinajstić information content (AvgIpc) is 3.47. The Balaban J connectivity index is 2.08. The molecule has 0 saturated carbocycles. The Hall–Kier alpha value is -5.11. The van der Waals surface area contributed by atoms with Gasteiger partial charge in [-0.05, 0) is 41.7 Å². The number of likely N-dealkylation sites (N-methyl/N-ethyl adjacent to an activating group) is 1. The maximum atomic E-state index is 15.0. The molecule has 5 amide bonds. The minimum Gasteiger partial charge on any atom is -0.387 e. The van der Waals surface area contributed by atoms with Crippen molar-refractivity contribution in [1.82, 2.24) is 25.4 Å². The molecule has 0 aliphatic carbocycles. The van der Waals surface area contributed by atoms with Crippen LogP contribution in [-0.4, -0.2) is 76.4 Å². The smallest absolute Gasteiger partial charge is 0.248 e. The molecule has 50 heavy (non-hydrogen) atoms. The quantitative estimate of drug-likeness (QED) is 0.154. The SMILES string of the molecule is CCC(=O)N[C@@H](CC(N)=O)C(=O)N[C@@H](CCN(C(=O)CO)[C@@H](c1cc(-c2cc(F)ccc2F)cn1Cc1ccccc1)C(C)(C)C)C(=O)NC. The molecule has 0 fully saturated rings. The molecule has 2 aromatic carbocycles. The summed E-state index contributed by atoms with van der Waals surface area (Å²) in [5.41, 5.74) is 6.40. The van der Waals surface area contributed by atoms with Gasteiger partial charge in [0.2, 0.25) is 29.5 Å². The molecule has 0 bridgehead atoms. The lowest BCUT2D eigenvalue weighted by Gasteiger charge is -2.41. The van der Waals surface area contributed by atoms with E-state index >= 15 is 4.39 Å². The van der Waals surface area contributed by atoms with Gasteiger partial charge in [-0.3, -0.25) is 24.0 Å². The molecule has 0 spiro atoms. The number of carbonyl (C=O) groups is 5. The standard InChI is InChI=1S/C36H46F2N6O6/c1-6-31(47)41-28(18-30(39)46)35(50)42-27(34(49)40-5)14-15-44(32(48)21-45)33(36(2,3)4)29-16-23(25-17-24(37)12-13-26(25)38)20-43(29)19-22-10-8-7-9-11-22/h7-13,16-17,20,27-28,33,45H,6,14-15,18-19,21H2,1-5H3,(H2,39,46)(H,40,49)(H,41,47)(H,42,50)/t27-,28-,33-/m0/s1. The third kappa shape index (κ3) is 10.4. The van der Waals surface area contributed by atoms with Gasteiger partial charge < -0.3 is 36.3 Å². The predicted octanol–water partition coefficient (Wildman–Crippen LogP) is 2.78. The molecular weight excluding hydrogens is 650 g/mol. The normalized spacial score (nSPS) is 13.1. The largest absolute Gasteiger partial charge is 0.387 e. The van der Waals surface area contributed by atoms with Gasteiger partial charge in [0, 0.05) is 49.6 Å². The highest BCUT2D eigenvalue weighted by molar-refractivity contribution is 5.94. The third-order valence-corrected chi connectivity index (χ3v) is 8.15. The minimum absolute atomic E-state index is 0.0221. The van der Waals surface area contributed by atoms with Gasteiger partial charge in [0.05, 0.1) is 12.5 Å². The Kier molecular flexibility index (Phi) is 13.8. The van der Waals surface area contributed by atoms with E-state index in [9.17, 15) is 33.5 Å². The first-order valence-corrected chi connectivity index (χ1v) is 16.3. The number of hydrogen-bond donors (Lipinski definition) is 5. The number of carbonyl (C=O) groups excluding carboxylic acids is 5. The number of aliphatic hydroxyl groups is 1. The van der Waals surface area contributed by atoms with E-state index in [2.05, 4.69) is 16.0 Å². The maximum Gasteiger partial charge on any atom is 0.248 e. The van der Waals surface area contributed by atoms with Crippen molar-refractivity contribution in [3.8, 4) is 11.1 Å². The fourth-order valence-electron chi connectivity index (χ4n) is 5.79. The first-order valence-electron chi connectivity index (χ1n) is 16.3. The summed E-state index contributed by atoms with van der Waals surface area (Å²) in [6.07, 6.45) is 1.07. The van der Waals surface area contributed by atoms with E-state index in [-0.39, 0.29) is 24.9 Å². The van der Waals surface area contributed by atoms with Crippen LogP contribution < -0.4 is 21.7 Å². The van der Waals surface area contributed by atoms with Crippen molar-refractivity contribution in [2.24, 2.45) is 11.1 Å². The van der Waals surface area contributed by atoms with E-state index in [4.69, 9.17) is 5.73 Å². The molecule has 3 rings (SSSR count). The molecular formula is C36H46F2N6O6. The van der Waals surface area contributed by atoms with Crippen LogP contribution in [0.4, 0.5) is 8.78 Å². The van der Waals surface area contributed by atoms with Crippen LogP contribution in [0.5, 0.6) is 0 Å². The van der Waals surface area contributed by atoms with Gasteiger partial charge in [0.15, 0.2) is 0 Å². The molecule has 0 aliphatic heterocycles. The van der Waals surface area contributed by atoms with Gasteiger partial charge in [-0.2, -0.15) is 0 Å². The Morgan fingerprint density at radius 1 is 0.960 bits per heavy atom. The summed E-state index contributed by atoms with van der Waals surface area (Å²) in [5, 5.41) is 17.6. The monoisotopic (exact) mass is 696 g/mol. The van der Waals surface area contributed by atoms with Crippen molar-refractivity contribution in [3.05, 3.63) is 83.7 Å². The number of amides is 5. The van der Waals surface area contributed by atoms with Crippen LogP contribution in [0.25, 0.3) is 11.1 Å². The van der Waals surface area contributed by atoms with Gasteiger partial charge in [-0.15, -0.1) is 0 Å². The molecule has 3 aromatic rings. The van der Waals surface area contributed by atoms with Crippen LogP contribution in [-0.2, 0) is 30.5 Å². The minimum atomic E-state index is -1.34. The Bertz CT molecular complexity index is 1670. The molecule has 0 radical (unpaired) electrons. The molecule has 0 aliphatic rings. The topological polar surface area (TPSA) is 176 Å². The van der Waals surface area contributed by atoms with Crippen LogP contribution in [0.1, 0.15) is 64.3 Å². The van der Waals surface area contributed by atoms with Crippen molar-refractivity contribution < 1.29 is 37.9 Å². The van der Waals surface area contributed by atoms with E-state index in [1.54, 1.807) is 19.2 Å². The van der Waals surface area contributed by atoms with Gasteiger partial charge in [-0.25, -0.2) is 8.78 Å². The number of hydrogen-bond acceptors (Lipinski definition) is 6. The second-order valence-corrected chi connectivity index (χ2v) is 13.0. The van der Waals surface area contributed by atoms with Crippen LogP contribution in [0, 0.1) is 17.0 Å². The molecule has 3 atom stereocenters. The van der Waals surface area contributed by atoms with E-state index in [1.807, 2.05) is 55.7 Å². The van der Waals surface area contributed by atoms with E-state index in [0.29, 0.717) is 17.8 Å². The fourth-order valence-corrected chi connectivity index (χ4v) is 5.79. The first kappa shape index (κ1) is 39.3. The Morgan fingerprint density at radius 3 is 2.22 bits per heavy atom. The highest BCUT2D eigenvalue weighted by Gasteiger charge is 2.38. The highest BCUT2D eigenvalue weighted by atomic mass is 19.1. The number of primary amides is 1. The zero-order valence-electron chi connectivity index (χ0n) is 29.0. The van der Waals surface area contributed by atoms with Crippen LogP contribution >= 0.6 is 0 Å². The number of nitrogens with two attached hydrogens (primary N) is 1. The lowest BCUT2D eigenvalue weighted by Crippen LogP contribution is -2.55. The van der Waals surface area contributed by atoms with Crippen molar-refractivity contribution >= 4 is 29.5 Å². The van der Waals surface area contributed by atoms with Crippen molar-refractivity contribution in [2.75, 3.05) is 20.2 Å². The lowest BCUT2D eigenvalue weighted by molar-refractivity contribution is -0.140. The second-order valence-electron chi connectivity index (χ2n) is 13.0. The van der Waals surface area contributed by atoms with E-state index in [1.165, 1.54) is 11.9 Å². The Morgan fingerprint density at radius 2 is 1.64 bits per heavy atom. The molecule has 0 saturated heterocycles. The van der Waals surface area contributed by atoms with Gasteiger partial charge in [0.25, 0.3) is 0 Å². The number of nitrogens with one attached hydrogen (secondary N) is 3. The van der Waals surface area contributed by atoms with E-state index in [0.717, 1.165) is 23.8 Å². The highest BCUT2D eigenvalue weighted by Crippen LogP contribution is 2.41. The van der Waals surface area contributed by atoms with Crippen LogP contribution in [0.3, 0.4) is 0 Å². The molecule has 1 aromatic heterocycles. The maximum absolute atomic E-state index is 15.0. The lowest BCUT2D eigenvalue weighted by atomic mass is 9.82. The second kappa shape index (κ2) is 17.5. The molecule has 1 heterocycles. The predicted molar refractivity (Wildman–Crippen MR) is 183 cm³/mol. The van der Waals surface area contributed by atoms with Crippen LogP contribution in [0.15, 0.2) is 60.8 Å². The molecule has 12 nitrogen and oxygen atoms in total. The summed E-state index contributed by atoms with van der Waals surface area (Å²) in [7, 11) is 1.36. The summed E-state index contributed by atoms with van der Waals surface area (Å²) in [5.74, 6) is -4.74. The first-order chi connectivity index (χ1) is 23.6. The summed E-state index contributed by atoms with van der Waals surface area (Å²) in [6.45, 7) is 6.47.